The second-order valence-electron chi connectivity index (χ2n) is 2.91. The molecule has 0 rings (SSSR count). The molecule has 0 unspecified atom stereocenters. The fourth-order valence-corrected chi connectivity index (χ4v) is 2.72. The van der Waals surface area contributed by atoms with Gasteiger partial charge < -0.3 is 9.47 Å². The van der Waals surface area contributed by atoms with E-state index < -0.39 is 0 Å². The summed E-state index contributed by atoms with van der Waals surface area (Å²) in [7, 11) is -0.00900. The number of hydrogen-bond donors (Lipinski definition) is 0. The molecule has 0 amide bonds. The van der Waals surface area contributed by atoms with E-state index in [9.17, 15) is 0 Å². The topological polar surface area (TPSA) is 18.5 Å². The molecule has 0 saturated carbocycles. The Balaban J connectivity index is 3.37. The zero-order valence-electron chi connectivity index (χ0n) is 8.92. The zero-order chi connectivity index (χ0) is 9.94. The summed E-state index contributed by atoms with van der Waals surface area (Å²) >= 11 is 0. The van der Waals surface area contributed by atoms with Gasteiger partial charge in [-0.1, -0.05) is 12.1 Å². The smallest absolute Gasteiger partial charge is 0.154 e. The maximum Gasteiger partial charge on any atom is 0.154 e. The molecule has 0 aromatic heterocycles. The highest BCUT2D eigenvalue weighted by atomic mass is 28.2. The molecule has 0 aliphatic carbocycles. The normalized spacial score (nSPS) is 11.6. The van der Waals surface area contributed by atoms with Gasteiger partial charge in [0.15, 0.2) is 6.29 Å². The largest absolute Gasteiger partial charge is 0.353 e. The van der Waals surface area contributed by atoms with Gasteiger partial charge in [0, 0.05) is 22.7 Å². The van der Waals surface area contributed by atoms with E-state index in [0.29, 0.717) is 0 Å². The molecule has 0 bridgehead atoms. The molecule has 13 heavy (non-hydrogen) atoms. The summed E-state index contributed by atoms with van der Waals surface area (Å²) in [5, 5.41) is 0. The van der Waals surface area contributed by atoms with E-state index in [1.807, 2.05) is 19.9 Å². The second-order valence-corrected chi connectivity index (χ2v) is 4.90. The van der Waals surface area contributed by atoms with Crippen molar-refractivity contribution >= 4 is 9.52 Å². The lowest BCUT2D eigenvalue weighted by atomic mass is 10.5. The van der Waals surface area contributed by atoms with Crippen LogP contribution in [0.15, 0.2) is 12.7 Å². The molecule has 0 fully saturated rings. The SMILES string of the molecule is C=CCC[SiH2]CC(OCC)OCC. The van der Waals surface area contributed by atoms with Crippen LogP contribution in [0, 0.1) is 0 Å². The molecule has 0 aliphatic rings. The number of allylic oxidation sites excluding steroid dienone is 1. The summed E-state index contributed by atoms with van der Waals surface area (Å²) in [4.78, 5) is 0. The van der Waals surface area contributed by atoms with E-state index in [1.165, 1.54) is 6.04 Å². The standard InChI is InChI=1S/C10H22O2Si/c1-4-7-8-13-9-10(11-5-2)12-6-3/h4,10H,1,5-9,13H2,2-3H3. The first-order valence-electron chi connectivity index (χ1n) is 5.19. The predicted molar refractivity (Wildman–Crippen MR) is 60.0 cm³/mol. The van der Waals surface area contributed by atoms with Crippen LogP contribution in [-0.4, -0.2) is 29.0 Å². The van der Waals surface area contributed by atoms with Crippen molar-refractivity contribution in [1.29, 1.82) is 0 Å². The van der Waals surface area contributed by atoms with Crippen molar-refractivity contribution in [1.82, 2.24) is 0 Å². The van der Waals surface area contributed by atoms with Gasteiger partial charge in [0.05, 0.1) is 0 Å². The van der Waals surface area contributed by atoms with Crippen LogP contribution in [0.25, 0.3) is 0 Å². The van der Waals surface area contributed by atoms with Gasteiger partial charge in [-0.2, -0.15) is 0 Å². The molecule has 0 atom stereocenters. The lowest BCUT2D eigenvalue weighted by Gasteiger charge is -2.15. The third-order valence-electron chi connectivity index (χ3n) is 1.80. The molecule has 3 heteroatoms. The summed E-state index contributed by atoms with van der Waals surface area (Å²) in [6.07, 6.45) is 3.20. The van der Waals surface area contributed by atoms with Gasteiger partial charge in [0.1, 0.15) is 0 Å². The summed E-state index contributed by atoms with van der Waals surface area (Å²) in [6.45, 7) is 9.23. The first kappa shape index (κ1) is 12.9. The Morgan fingerprint density at radius 2 is 1.92 bits per heavy atom. The van der Waals surface area contributed by atoms with Crippen LogP contribution in [0.3, 0.4) is 0 Å². The Morgan fingerprint density at radius 3 is 2.38 bits per heavy atom. The number of ether oxygens (including phenoxy) is 2. The van der Waals surface area contributed by atoms with Gasteiger partial charge in [0.2, 0.25) is 0 Å². The molecule has 0 spiro atoms. The van der Waals surface area contributed by atoms with E-state index in [-0.39, 0.29) is 15.8 Å². The quantitative estimate of drug-likeness (QED) is 0.246. The van der Waals surface area contributed by atoms with Gasteiger partial charge in [-0.05, 0) is 26.3 Å². The lowest BCUT2D eigenvalue weighted by molar-refractivity contribution is -0.123. The van der Waals surface area contributed by atoms with Crippen LogP contribution in [0.2, 0.25) is 12.1 Å². The third-order valence-corrected chi connectivity index (χ3v) is 3.59. The highest BCUT2D eigenvalue weighted by molar-refractivity contribution is 6.35. The lowest BCUT2D eigenvalue weighted by Crippen LogP contribution is -2.18. The third kappa shape index (κ3) is 8.21. The fourth-order valence-electron chi connectivity index (χ4n) is 1.19. The Bertz CT molecular complexity index is 111. The molecule has 0 aromatic carbocycles. The van der Waals surface area contributed by atoms with Crippen LogP contribution >= 0.6 is 0 Å². The molecule has 0 saturated heterocycles. The van der Waals surface area contributed by atoms with Crippen LogP contribution in [-0.2, 0) is 9.47 Å². The van der Waals surface area contributed by atoms with Gasteiger partial charge in [-0.15, -0.1) is 6.58 Å². The number of rotatable bonds is 9. The maximum absolute atomic E-state index is 5.45. The van der Waals surface area contributed by atoms with E-state index in [0.717, 1.165) is 25.7 Å². The summed E-state index contributed by atoms with van der Waals surface area (Å²) in [5.41, 5.74) is 0. The van der Waals surface area contributed by atoms with Crippen molar-refractivity contribution in [3.05, 3.63) is 12.7 Å². The monoisotopic (exact) mass is 202 g/mol. The highest BCUT2D eigenvalue weighted by Gasteiger charge is 2.06. The molecular weight excluding hydrogens is 180 g/mol. The van der Waals surface area contributed by atoms with Crippen molar-refractivity contribution in [2.75, 3.05) is 13.2 Å². The molecule has 0 aliphatic heterocycles. The van der Waals surface area contributed by atoms with Crippen molar-refractivity contribution in [2.24, 2.45) is 0 Å². The zero-order valence-corrected chi connectivity index (χ0v) is 10.3. The molecule has 0 aromatic rings. The van der Waals surface area contributed by atoms with Crippen molar-refractivity contribution in [3.8, 4) is 0 Å². The Hall–Kier alpha value is -0.123. The van der Waals surface area contributed by atoms with Crippen LogP contribution in [0.5, 0.6) is 0 Å². The summed E-state index contributed by atoms with van der Waals surface area (Å²) in [5.74, 6) is 0. The Kier molecular flexibility index (Phi) is 9.87. The molecule has 0 N–H and O–H groups in total. The maximum atomic E-state index is 5.45. The average molecular weight is 202 g/mol. The Labute approximate surface area is 84.1 Å². The van der Waals surface area contributed by atoms with Crippen LogP contribution in [0.4, 0.5) is 0 Å². The van der Waals surface area contributed by atoms with E-state index in [1.54, 1.807) is 0 Å². The summed E-state index contributed by atoms with van der Waals surface area (Å²) in [6, 6.07) is 2.45. The van der Waals surface area contributed by atoms with Gasteiger partial charge in [0.25, 0.3) is 0 Å². The van der Waals surface area contributed by atoms with Gasteiger partial charge in [-0.25, -0.2) is 0 Å². The first-order chi connectivity index (χ1) is 6.35. The van der Waals surface area contributed by atoms with Gasteiger partial charge in [-0.3, -0.25) is 0 Å². The minimum atomic E-state index is -0.00900. The average Bonchev–Trinajstić information content (AvgIpc) is 2.13. The predicted octanol–water partition coefficient (Wildman–Crippen LogP) is 1.97. The molecule has 2 nitrogen and oxygen atoms in total. The van der Waals surface area contributed by atoms with Crippen LogP contribution < -0.4 is 0 Å². The van der Waals surface area contributed by atoms with E-state index in [4.69, 9.17) is 9.47 Å². The molecule has 0 heterocycles. The minimum absolute atomic E-state index is 0.00900. The van der Waals surface area contributed by atoms with Crippen LogP contribution in [0.1, 0.15) is 20.3 Å². The van der Waals surface area contributed by atoms with Gasteiger partial charge >= 0.3 is 0 Å². The minimum Gasteiger partial charge on any atom is -0.353 e. The van der Waals surface area contributed by atoms with Crippen molar-refractivity contribution in [2.45, 2.75) is 38.6 Å². The summed E-state index contributed by atoms with van der Waals surface area (Å²) < 4.78 is 10.9. The molecule has 78 valence electrons. The van der Waals surface area contributed by atoms with Crippen molar-refractivity contribution in [3.63, 3.8) is 0 Å². The van der Waals surface area contributed by atoms with Crippen molar-refractivity contribution < 1.29 is 9.47 Å². The first-order valence-corrected chi connectivity index (χ1v) is 7.19. The molecule has 0 radical (unpaired) electrons. The molecular formula is C10H22O2Si. The second kappa shape index (κ2) is 9.96. The fraction of sp³-hybridized carbons (Fsp3) is 0.800. The van der Waals surface area contributed by atoms with E-state index in [2.05, 4.69) is 6.58 Å². The van der Waals surface area contributed by atoms with E-state index >= 15 is 0 Å². The number of hydrogen-bond acceptors (Lipinski definition) is 2. The Morgan fingerprint density at radius 1 is 1.31 bits per heavy atom. The highest BCUT2D eigenvalue weighted by Crippen LogP contribution is 2.03.